The number of aromatic nitrogens is 1. The number of methoxy groups -OCH3 is 1. The molecule has 0 amide bonds. The molecule has 1 aromatic heterocycles. The maximum absolute atomic E-state index is 13.9. The topological polar surface area (TPSA) is 58.5 Å². The first kappa shape index (κ1) is 23.6. The molecule has 1 aromatic carbocycles. The van der Waals surface area contributed by atoms with Crippen LogP contribution >= 0.6 is 35.3 Å². The van der Waals surface area contributed by atoms with Crippen LogP contribution in [0.2, 0.25) is 0 Å². The number of halogens is 2. The van der Waals surface area contributed by atoms with Gasteiger partial charge in [-0.3, -0.25) is 4.99 Å². The number of nitrogens with one attached hydrogen (secondary N) is 2. The van der Waals surface area contributed by atoms with Gasteiger partial charge in [-0.2, -0.15) is 0 Å². The fourth-order valence-corrected chi connectivity index (χ4v) is 3.29. The van der Waals surface area contributed by atoms with Gasteiger partial charge < -0.3 is 15.4 Å². The summed E-state index contributed by atoms with van der Waals surface area (Å²) in [4.78, 5) is 8.90. The van der Waals surface area contributed by atoms with E-state index in [1.807, 2.05) is 13.0 Å². The number of thiazole rings is 1. The van der Waals surface area contributed by atoms with Crippen LogP contribution in [0, 0.1) is 5.82 Å². The molecule has 2 rings (SSSR count). The van der Waals surface area contributed by atoms with Crippen molar-refractivity contribution in [3.05, 3.63) is 45.7 Å². The van der Waals surface area contributed by atoms with E-state index in [0.29, 0.717) is 12.5 Å². The summed E-state index contributed by atoms with van der Waals surface area (Å²) in [5, 5.41) is 9.61. The van der Waals surface area contributed by atoms with Gasteiger partial charge in [-0.15, -0.1) is 35.3 Å². The van der Waals surface area contributed by atoms with Crippen molar-refractivity contribution in [3.63, 3.8) is 0 Å². The minimum atomic E-state index is -0.376. The smallest absolute Gasteiger partial charge is 0.191 e. The maximum atomic E-state index is 13.9. The number of ether oxygens (including phenoxy) is 1. The summed E-state index contributed by atoms with van der Waals surface area (Å²) in [5.74, 6) is 0.502. The van der Waals surface area contributed by atoms with E-state index in [1.54, 1.807) is 24.5 Å². The zero-order chi connectivity index (χ0) is 19.3. The summed E-state index contributed by atoms with van der Waals surface area (Å²) in [6.07, 6.45) is 0. The Hall–Kier alpha value is -1.42. The van der Waals surface area contributed by atoms with E-state index >= 15 is 0 Å². The monoisotopic (exact) mass is 506 g/mol. The molecule has 0 saturated heterocycles. The molecule has 0 fully saturated rings. The van der Waals surface area contributed by atoms with Crippen LogP contribution in [0.3, 0.4) is 0 Å². The van der Waals surface area contributed by atoms with Crippen LogP contribution in [-0.4, -0.2) is 25.1 Å². The average Bonchev–Trinajstić information content (AvgIpc) is 3.07. The standard InChI is InChI=1S/C19H27FN4OS.HI/c1-12(13-7-8-15(25-6)14(20)9-13)23-18(21-5)22-10-17-24-16(11-26-17)19(2,3)4;/h7-9,11-12H,10H2,1-6H3,(H2,21,22,23);1H. The number of benzene rings is 1. The van der Waals surface area contributed by atoms with Gasteiger partial charge in [-0.25, -0.2) is 9.37 Å². The minimum Gasteiger partial charge on any atom is -0.494 e. The van der Waals surface area contributed by atoms with Crippen LogP contribution in [0.25, 0.3) is 0 Å². The summed E-state index contributed by atoms with van der Waals surface area (Å²) >= 11 is 1.63. The summed E-state index contributed by atoms with van der Waals surface area (Å²) < 4.78 is 18.9. The molecule has 1 atom stereocenters. The molecule has 8 heteroatoms. The lowest BCUT2D eigenvalue weighted by molar-refractivity contribution is 0.386. The lowest BCUT2D eigenvalue weighted by Gasteiger charge is -2.18. The Bertz CT molecular complexity index is 773. The van der Waals surface area contributed by atoms with Crippen LogP contribution < -0.4 is 15.4 Å². The van der Waals surface area contributed by atoms with E-state index in [-0.39, 0.29) is 47.0 Å². The second-order valence-electron chi connectivity index (χ2n) is 7.06. The Morgan fingerprint density at radius 2 is 2.07 bits per heavy atom. The Morgan fingerprint density at radius 3 is 2.59 bits per heavy atom. The molecule has 0 radical (unpaired) electrons. The van der Waals surface area contributed by atoms with Crippen LogP contribution in [-0.2, 0) is 12.0 Å². The van der Waals surface area contributed by atoms with Crippen molar-refractivity contribution >= 4 is 41.3 Å². The number of aliphatic imine (C=N–C) groups is 1. The van der Waals surface area contributed by atoms with Gasteiger partial charge in [0.15, 0.2) is 17.5 Å². The first-order valence-corrected chi connectivity index (χ1v) is 9.38. The molecule has 5 nitrogen and oxygen atoms in total. The highest BCUT2D eigenvalue weighted by molar-refractivity contribution is 14.0. The Kier molecular flexibility index (Phi) is 8.93. The highest BCUT2D eigenvalue weighted by Crippen LogP contribution is 2.24. The van der Waals surface area contributed by atoms with Crippen molar-refractivity contribution in [2.45, 2.75) is 45.7 Å². The first-order valence-electron chi connectivity index (χ1n) is 8.50. The SMILES string of the molecule is CN=C(NCc1nc(C(C)(C)C)cs1)NC(C)c1ccc(OC)c(F)c1.I. The fraction of sp³-hybridized carbons (Fsp3) is 0.474. The van der Waals surface area contributed by atoms with Gasteiger partial charge in [-0.1, -0.05) is 26.8 Å². The summed E-state index contributed by atoms with van der Waals surface area (Å²) in [6, 6.07) is 4.83. The summed E-state index contributed by atoms with van der Waals surface area (Å²) in [6.45, 7) is 8.99. The van der Waals surface area contributed by atoms with Crippen molar-refractivity contribution in [2.24, 2.45) is 4.99 Å². The molecule has 0 aliphatic rings. The van der Waals surface area contributed by atoms with Crippen LogP contribution in [0.5, 0.6) is 5.75 Å². The number of hydrogen-bond acceptors (Lipinski definition) is 4. The van der Waals surface area contributed by atoms with E-state index in [9.17, 15) is 4.39 Å². The summed E-state index contributed by atoms with van der Waals surface area (Å²) in [5.41, 5.74) is 1.95. The third-order valence-electron chi connectivity index (χ3n) is 3.98. The fourth-order valence-electron chi connectivity index (χ4n) is 2.33. The van der Waals surface area contributed by atoms with Gasteiger partial charge in [0.25, 0.3) is 0 Å². The zero-order valence-electron chi connectivity index (χ0n) is 16.6. The Labute approximate surface area is 181 Å². The van der Waals surface area contributed by atoms with Gasteiger partial charge in [0, 0.05) is 17.8 Å². The molecule has 0 spiro atoms. The zero-order valence-corrected chi connectivity index (χ0v) is 19.7. The number of hydrogen-bond donors (Lipinski definition) is 2. The van der Waals surface area contributed by atoms with Crippen molar-refractivity contribution in [3.8, 4) is 5.75 Å². The number of guanidine groups is 1. The third kappa shape index (κ3) is 6.60. The number of rotatable bonds is 5. The Morgan fingerprint density at radius 1 is 1.37 bits per heavy atom. The highest BCUT2D eigenvalue weighted by Gasteiger charge is 2.17. The van der Waals surface area contributed by atoms with E-state index in [4.69, 9.17) is 4.74 Å². The number of nitrogens with zero attached hydrogens (tertiary/aromatic N) is 2. The molecule has 1 unspecified atom stereocenters. The van der Waals surface area contributed by atoms with Gasteiger partial charge in [0.2, 0.25) is 0 Å². The predicted molar refractivity (Wildman–Crippen MR) is 121 cm³/mol. The van der Waals surface area contributed by atoms with Gasteiger partial charge in [0.1, 0.15) is 5.01 Å². The van der Waals surface area contributed by atoms with Crippen molar-refractivity contribution in [1.29, 1.82) is 0 Å². The van der Waals surface area contributed by atoms with Gasteiger partial charge in [0.05, 0.1) is 25.4 Å². The minimum absolute atomic E-state index is 0. The molecule has 2 aromatic rings. The van der Waals surface area contributed by atoms with Gasteiger partial charge in [-0.05, 0) is 24.6 Å². The Balaban J connectivity index is 0.00000364. The summed E-state index contributed by atoms with van der Waals surface area (Å²) in [7, 11) is 3.16. The highest BCUT2D eigenvalue weighted by atomic mass is 127. The van der Waals surface area contributed by atoms with E-state index in [1.165, 1.54) is 13.2 Å². The lowest BCUT2D eigenvalue weighted by Crippen LogP contribution is -2.38. The molecule has 1 heterocycles. The molecule has 150 valence electrons. The predicted octanol–water partition coefficient (Wildman–Crippen LogP) is 4.63. The van der Waals surface area contributed by atoms with Crippen molar-refractivity contribution in [2.75, 3.05) is 14.2 Å². The largest absolute Gasteiger partial charge is 0.494 e. The van der Waals surface area contributed by atoms with E-state index in [0.717, 1.165) is 16.3 Å². The van der Waals surface area contributed by atoms with Crippen LogP contribution in [0.4, 0.5) is 4.39 Å². The second-order valence-corrected chi connectivity index (χ2v) is 8.00. The van der Waals surface area contributed by atoms with E-state index in [2.05, 4.69) is 46.8 Å². The molecule has 0 aliphatic carbocycles. The quantitative estimate of drug-likeness (QED) is 0.353. The average molecular weight is 506 g/mol. The molecule has 0 saturated carbocycles. The second kappa shape index (κ2) is 10.2. The maximum Gasteiger partial charge on any atom is 0.191 e. The normalized spacial score (nSPS) is 12.9. The van der Waals surface area contributed by atoms with Crippen LogP contribution in [0.15, 0.2) is 28.6 Å². The molecule has 0 bridgehead atoms. The molecular weight excluding hydrogens is 478 g/mol. The first-order chi connectivity index (χ1) is 12.2. The molecule has 2 N–H and O–H groups in total. The molecule has 27 heavy (non-hydrogen) atoms. The molecule has 0 aliphatic heterocycles. The van der Waals surface area contributed by atoms with Crippen molar-refractivity contribution < 1.29 is 9.13 Å². The van der Waals surface area contributed by atoms with Crippen LogP contribution in [0.1, 0.15) is 50.0 Å². The van der Waals surface area contributed by atoms with Crippen molar-refractivity contribution in [1.82, 2.24) is 15.6 Å². The van der Waals surface area contributed by atoms with E-state index < -0.39 is 0 Å². The molecular formula is C19H28FIN4OS. The van der Waals surface area contributed by atoms with Gasteiger partial charge >= 0.3 is 0 Å². The third-order valence-corrected chi connectivity index (χ3v) is 4.83. The lowest BCUT2D eigenvalue weighted by atomic mass is 9.93.